The number of nitrogen functional groups attached to an aromatic ring is 1. The molecule has 0 radical (unpaired) electrons. The zero-order chi connectivity index (χ0) is 14.4. The molecule has 0 unspecified atom stereocenters. The molecule has 1 aliphatic rings. The van der Waals surface area contributed by atoms with Gasteiger partial charge in [0.2, 0.25) is 5.91 Å². The van der Waals surface area contributed by atoms with Crippen molar-refractivity contribution in [3.8, 4) is 5.69 Å². The number of nitrogens with two attached hydrogens (primary N) is 1. The molecule has 1 aromatic heterocycles. The first kappa shape index (κ1) is 12.0. The molecule has 21 heavy (non-hydrogen) atoms. The van der Waals surface area contributed by atoms with Crippen molar-refractivity contribution < 1.29 is 4.79 Å². The Labute approximate surface area is 121 Å². The minimum absolute atomic E-state index is 0.0409. The number of hydrogen-bond donors (Lipinski definition) is 2. The Morgan fingerprint density at radius 1 is 1.19 bits per heavy atom. The lowest BCUT2D eigenvalue weighted by Crippen LogP contribution is -2.19. The van der Waals surface area contributed by atoms with E-state index in [0.717, 1.165) is 34.3 Å². The molecule has 1 amide bonds. The summed E-state index contributed by atoms with van der Waals surface area (Å²) in [6.45, 7) is 0. The van der Waals surface area contributed by atoms with E-state index >= 15 is 0 Å². The van der Waals surface area contributed by atoms with Gasteiger partial charge >= 0.3 is 0 Å². The third kappa shape index (κ3) is 1.86. The lowest BCUT2D eigenvalue weighted by Gasteiger charge is -2.19. The zero-order valence-corrected chi connectivity index (χ0v) is 11.3. The van der Waals surface area contributed by atoms with Crippen LogP contribution in [0.15, 0.2) is 42.6 Å². The van der Waals surface area contributed by atoms with Gasteiger partial charge in [-0.2, -0.15) is 5.10 Å². The molecule has 1 aliphatic heterocycles. The Hall–Kier alpha value is -2.82. The molecule has 3 aromatic rings. The van der Waals surface area contributed by atoms with Crippen LogP contribution in [0.5, 0.6) is 0 Å². The first-order valence-electron chi connectivity index (χ1n) is 6.88. The number of amides is 1. The fourth-order valence-corrected chi connectivity index (χ4v) is 2.78. The van der Waals surface area contributed by atoms with E-state index in [0.29, 0.717) is 12.1 Å². The minimum Gasteiger partial charge on any atom is -0.397 e. The van der Waals surface area contributed by atoms with E-state index in [9.17, 15) is 4.79 Å². The minimum atomic E-state index is 0.0409. The lowest BCUT2D eigenvalue weighted by atomic mass is 10.0. The van der Waals surface area contributed by atoms with Crippen LogP contribution in [-0.2, 0) is 11.2 Å². The maximum atomic E-state index is 11.5. The molecule has 3 N–H and O–H groups in total. The standard InChI is InChI=1S/C16H14N4O/c17-12-8-13-10(5-6-16(21)19-13)7-15(12)20-14-4-2-1-3-11(14)9-18-20/h1-4,7-9H,5-6,17H2,(H,19,21). The predicted octanol–water partition coefficient (Wildman–Crippen LogP) is 2.49. The Morgan fingerprint density at radius 2 is 2.05 bits per heavy atom. The van der Waals surface area contributed by atoms with Gasteiger partial charge in [-0.25, -0.2) is 4.68 Å². The third-order valence-corrected chi connectivity index (χ3v) is 3.85. The molecule has 5 nitrogen and oxygen atoms in total. The van der Waals surface area contributed by atoms with Crippen LogP contribution in [0.25, 0.3) is 16.6 Å². The van der Waals surface area contributed by atoms with Crippen LogP contribution >= 0.6 is 0 Å². The van der Waals surface area contributed by atoms with Crippen LogP contribution in [0.2, 0.25) is 0 Å². The van der Waals surface area contributed by atoms with Gasteiger partial charge in [-0.1, -0.05) is 18.2 Å². The number of aryl methyl sites for hydroxylation is 1. The van der Waals surface area contributed by atoms with Gasteiger partial charge in [-0.3, -0.25) is 4.79 Å². The molecule has 0 aliphatic carbocycles. The SMILES string of the molecule is Nc1cc2c(cc1-n1ncc3ccccc31)CCC(=O)N2. The average Bonchev–Trinajstić information content (AvgIpc) is 2.90. The number of nitrogens with one attached hydrogen (secondary N) is 1. The first-order chi connectivity index (χ1) is 10.2. The Morgan fingerprint density at radius 3 is 2.95 bits per heavy atom. The van der Waals surface area contributed by atoms with E-state index in [-0.39, 0.29) is 5.91 Å². The maximum Gasteiger partial charge on any atom is 0.224 e. The Balaban J connectivity index is 1.91. The van der Waals surface area contributed by atoms with Crippen molar-refractivity contribution in [2.45, 2.75) is 12.8 Å². The number of carbonyl (C=O) groups is 1. The second-order valence-electron chi connectivity index (χ2n) is 5.23. The summed E-state index contributed by atoms with van der Waals surface area (Å²) >= 11 is 0. The number of benzene rings is 2. The van der Waals surface area contributed by atoms with Gasteiger partial charge in [0.15, 0.2) is 0 Å². The van der Waals surface area contributed by atoms with Crippen molar-refractivity contribution in [1.82, 2.24) is 9.78 Å². The molecular formula is C16H14N4O. The van der Waals surface area contributed by atoms with Crippen molar-refractivity contribution in [1.29, 1.82) is 0 Å². The molecule has 0 saturated carbocycles. The van der Waals surface area contributed by atoms with Crippen LogP contribution < -0.4 is 11.1 Å². The molecule has 0 spiro atoms. The molecule has 0 bridgehead atoms. The largest absolute Gasteiger partial charge is 0.397 e. The number of fused-ring (bicyclic) bond motifs is 2. The molecule has 2 aromatic carbocycles. The number of aromatic nitrogens is 2. The summed E-state index contributed by atoms with van der Waals surface area (Å²) < 4.78 is 1.85. The number of rotatable bonds is 1. The van der Waals surface area contributed by atoms with Gasteiger partial charge in [0, 0.05) is 17.5 Å². The van der Waals surface area contributed by atoms with Crippen LogP contribution in [0.1, 0.15) is 12.0 Å². The highest BCUT2D eigenvalue weighted by Gasteiger charge is 2.18. The van der Waals surface area contributed by atoms with Gasteiger partial charge in [0.1, 0.15) is 0 Å². The summed E-state index contributed by atoms with van der Waals surface area (Å²) in [6, 6.07) is 11.8. The molecular weight excluding hydrogens is 264 g/mol. The molecule has 2 heterocycles. The van der Waals surface area contributed by atoms with Crippen molar-refractivity contribution in [2.75, 3.05) is 11.1 Å². The first-order valence-corrected chi connectivity index (χ1v) is 6.88. The summed E-state index contributed by atoms with van der Waals surface area (Å²) in [4.78, 5) is 11.5. The van der Waals surface area contributed by atoms with Crippen LogP contribution in [-0.4, -0.2) is 15.7 Å². The quantitative estimate of drug-likeness (QED) is 0.672. The van der Waals surface area contributed by atoms with Crippen molar-refractivity contribution in [3.05, 3.63) is 48.2 Å². The number of nitrogens with zero attached hydrogens (tertiary/aromatic N) is 2. The number of para-hydroxylation sites is 1. The summed E-state index contributed by atoms with van der Waals surface area (Å²) in [5.74, 6) is 0.0409. The van der Waals surface area contributed by atoms with E-state index < -0.39 is 0 Å². The van der Waals surface area contributed by atoms with E-state index in [1.807, 2.05) is 47.3 Å². The second kappa shape index (κ2) is 4.34. The maximum absolute atomic E-state index is 11.5. The van der Waals surface area contributed by atoms with Crippen LogP contribution in [0, 0.1) is 0 Å². The highest BCUT2D eigenvalue weighted by molar-refractivity contribution is 5.95. The number of anilines is 2. The molecule has 0 atom stereocenters. The highest BCUT2D eigenvalue weighted by Crippen LogP contribution is 2.31. The van der Waals surface area contributed by atoms with Crippen LogP contribution in [0.4, 0.5) is 11.4 Å². The van der Waals surface area contributed by atoms with Gasteiger partial charge < -0.3 is 11.1 Å². The summed E-state index contributed by atoms with van der Waals surface area (Å²) in [5.41, 5.74) is 10.5. The van der Waals surface area contributed by atoms with Gasteiger partial charge in [-0.05, 0) is 30.2 Å². The zero-order valence-electron chi connectivity index (χ0n) is 11.3. The fourth-order valence-electron chi connectivity index (χ4n) is 2.78. The van der Waals surface area contributed by atoms with E-state index in [2.05, 4.69) is 10.4 Å². The Bertz CT molecular complexity index is 866. The highest BCUT2D eigenvalue weighted by atomic mass is 16.1. The Kier molecular flexibility index (Phi) is 2.47. The molecule has 5 heteroatoms. The molecule has 104 valence electrons. The van der Waals surface area contributed by atoms with Gasteiger partial charge in [-0.15, -0.1) is 0 Å². The number of hydrogen-bond acceptors (Lipinski definition) is 3. The average molecular weight is 278 g/mol. The van der Waals surface area contributed by atoms with Gasteiger partial charge in [0.05, 0.1) is 23.1 Å². The summed E-state index contributed by atoms with van der Waals surface area (Å²) in [5, 5.41) is 8.37. The number of carbonyl (C=O) groups excluding carboxylic acids is 1. The molecule has 4 rings (SSSR count). The smallest absolute Gasteiger partial charge is 0.224 e. The van der Waals surface area contributed by atoms with E-state index in [4.69, 9.17) is 5.73 Å². The van der Waals surface area contributed by atoms with E-state index in [1.54, 1.807) is 0 Å². The lowest BCUT2D eigenvalue weighted by molar-refractivity contribution is -0.116. The van der Waals surface area contributed by atoms with Crippen molar-refractivity contribution in [3.63, 3.8) is 0 Å². The van der Waals surface area contributed by atoms with Crippen LogP contribution in [0.3, 0.4) is 0 Å². The molecule has 0 saturated heterocycles. The normalized spacial score (nSPS) is 14.0. The topological polar surface area (TPSA) is 72.9 Å². The van der Waals surface area contributed by atoms with Crippen molar-refractivity contribution >= 4 is 28.2 Å². The molecule has 0 fully saturated rings. The monoisotopic (exact) mass is 278 g/mol. The van der Waals surface area contributed by atoms with Gasteiger partial charge in [0.25, 0.3) is 0 Å². The summed E-state index contributed by atoms with van der Waals surface area (Å²) in [7, 11) is 0. The van der Waals surface area contributed by atoms with Crippen molar-refractivity contribution in [2.24, 2.45) is 0 Å². The second-order valence-corrected chi connectivity index (χ2v) is 5.23. The van der Waals surface area contributed by atoms with E-state index in [1.165, 1.54) is 0 Å². The summed E-state index contributed by atoms with van der Waals surface area (Å²) in [6.07, 6.45) is 3.07. The fraction of sp³-hybridized carbons (Fsp3) is 0.125. The third-order valence-electron chi connectivity index (χ3n) is 3.85. The predicted molar refractivity (Wildman–Crippen MR) is 82.4 cm³/mol.